The Labute approximate surface area is 118 Å². The Balaban J connectivity index is 1.80. The smallest absolute Gasteiger partial charge is 0.125 e. The summed E-state index contributed by atoms with van der Waals surface area (Å²) < 4.78 is 5.64. The molecule has 0 radical (unpaired) electrons. The van der Waals surface area contributed by atoms with Gasteiger partial charge in [0.25, 0.3) is 0 Å². The molecule has 0 bridgehead atoms. The van der Waals surface area contributed by atoms with Crippen molar-refractivity contribution in [3.8, 4) is 0 Å². The minimum Gasteiger partial charge on any atom is -0.372 e. The van der Waals surface area contributed by atoms with E-state index in [9.17, 15) is 0 Å². The number of rotatable bonds is 6. The molecule has 0 fully saturated rings. The maximum absolute atomic E-state index is 5.83. The fourth-order valence-electron chi connectivity index (χ4n) is 1.66. The average molecular weight is 277 g/mol. The summed E-state index contributed by atoms with van der Waals surface area (Å²) in [5.74, 6) is 0.893. The van der Waals surface area contributed by atoms with Crippen LogP contribution in [0.1, 0.15) is 18.1 Å². The molecule has 0 saturated heterocycles. The molecule has 0 amide bonds. The maximum atomic E-state index is 5.83. The molecule has 2 aromatic rings. The Morgan fingerprint density at radius 1 is 1.05 bits per heavy atom. The van der Waals surface area contributed by atoms with Crippen molar-refractivity contribution in [3.63, 3.8) is 0 Å². The van der Waals surface area contributed by atoms with Gasteiger partial charge in [0.2, 0.25) is 0 Å². The largest absolute Gasteiger partial charge is 0.372 e. The molecule has 0 saturated carbocycles. The van der Waals surface area contributed by atoms with Crippen molar-refractivity contribution >= 4 is 17.4 Å². The highest BCUT2D eigenvalue weighted by Crippen LogP contribution is 2.11. The number of nitrogens with one attached hydrogen (secondary N) is 1. The molecule has 0 unspecified atom stereocenters. The van der Waals surface area contributed by atoms with E-state index in [0.29, 0.717) is 13.2 Å². The van der Waals surface area contributed by atoms with Gasteiger partial charge in [0.1, 0.15) is 5.82 Å². The standard InChI is InChI=1S/C15H17ClN2O/c1-2-17-15-8-5-13(9-18-15)11-19-10-12-3-6-14(16)7-4-12/h3-9H,2,10-11H2,1H3,(H,17,18). The van der Waals surface area contributed by atoms with Crippen molar-refractivity contribution in [2.24, 2.45) is 0 Å². The first-order chi connectivity index (χ1) is 9.28. The lowest BCUT2D eigenvalue weighted by atomic mass is 10.2. The topological polar surface area (TPSA) is 34.1 Å². The number of pyridine rings is 1. The van der Waals surface area contributed by atoms with Gasteiger partial charge < -0.3 is 10.1 Å². The van der Waals surface area contributed by atoms with Crippen molar-refractivity contribution < 1.29 is 4.74 Å². The normalized spacial score (nSPS) is 10.4. The number of hydrogen-bond acceptors (Lipinski definition) is 3. The summed E-state index contributed by atoms with van der Waals surface area (Å²) in [4.78, 5) is 4.30. The molecule has 1 aromatic heterocycles. The SMILES string of the molecule is CCNc1ccc(COCc2ccc(Cl)cc2)cn1. The van der Waals surface area contributed by atoms with Crippen molar-refractivity contribution in [1.82, 2.24) is 4.98 Å². The first-order valence-electron chi connectivity index (χ1n) is 6.29. The second-order valence-corrected chi connectivity index (χ2v) is 4.64. The van der Waals surface area contributed by atoms with Gasteiger partial charge in [0.15, 0.2) is 0 Å². The van der Waals surface area contributed by atoms with Crippen molar-refractivity contribution in [3.05, 3.63) is 58.7 Å². The Kier molecular flexibility index (Phi) is 5.19. The summed E-state index contributed by atoms with van der Waals surface area (Å²) in [6.07, 6.45) is 1.83. The average Bonchev–Trinajstić information content (AvgIpc) is 2.43. The highest BCUT2D eigenvalue weighted by Gasteiger charge is 1.97. The molecule has 0 atom stereocenters. The first-order valence-corrected chi connectivity index (χ1v) is 6.66. The predicted octanol–water partition coefficient (Wildman–Crippen LogP) is 3.88. The first kappa shape index (κ1) is 13.8. The molecular weight excluding hydrogens is 260 g/mol. The van der Waals surface area contributed by atoms with Gasteiger partial charge in [-0.2, -0.15) is 0 Å². The van der Waals surface area contributed by atoms with Crippen LogP contribution in [0.15, 0.2) is 42.6 Å². The van der Waals surface area contributed by atoms with Crippen molar-refractivity contribution in [2.45, 2.75) is 20.1 Å². The lowest BCUT2D eigenvalue weighted by Gasteiger charge is -2.06. The fraction of sp³-hybridized carbons (Fsp3) is 0.267. The van der Waals surface area contributed by atoms with Crippen LogP contribution >= 0.6 is 11.6 Å². The van der Waals surface area contributed by atoms with Gasteiger partial charge in [-0.15, -0.1) is 0 Å². The van der Waals surface area contributed by atoms with Gasteiger partial charge in [-0.3, -0.25) is 0 Å². The van der Waals surface area contributed by atoms with Crippen LogP contribution in [0.4, 0.5) is 5.82 Å². The van der Waals surface area contributed by atoms with Gasteiger partial charge in [0.05, 0.1) is 13.2 Å². The highest BCUT2D eigenvalue weighted by atomic mass is 35.5. The van der Waals surface area contributed by atoms with Crippen LogP contribution in [0.5, 0.6) is 0 Å². The summed E-state index contributed by atoms with van der Waals surface area (Å²) in [7, 11) is 0. The zero-order valence-electron chi connectivity index (χ0n) is 10.9. The predicted molar refractivity (Wildman–Crippen MR) is 78.3 cm³/mol. The van der Waals surface area contributed by atoms with Crippen LogP contribution < -0.4 is 5.32 Å². The molecule has 2 rings (SSSR count). The summed E-state index contributed by atoms with van der Waals surface area (Å²) >= 11 is 5.83. The van der Waals surface area contributed by atoms with Crippen molar-refractivity contribution in [2.75, 3.05) is 11.9 Å². The zero-order valence-corrected chi connectivity index (χ0v) is 11.7. The quantitative estimate of drug-likeness (QED) is 0.869. The third kappa shape index (κ3) is 4.54. The molecule has 0 aliphatic carbocycles. The molecule has 1 aromatic carbocycles. The van der Waals surface area contributed by atoms with E-state index in [-0.39, 0.29) is 0 Å². The number of halogens is 1. The van der Waals surface area contributed by atoms with Crippen LogP contribution in [-0.2, 0) is 18.0 Å². The van der Waals surface area contributed by atoms with Gasteiger partial charge in [-0.1, -0.05) is 29.8 Å². The molecule has 0 spiro atoms. The molecule has 0 aliphatic rings. The van der Waals surface area contributed by atoms with E-state index in [2.05, 4.69) is 10.3 Å². The van der Waals surface area contributed by atoms with Gasteiger partial charge in [-0.25, -0.2) is 4.98 Å². The van der Waals surface area contributed by atoms with E-state index in [1.54, 1.807) is 0 Å². The van der Waals surface area contributed by atoms with Crippen LogP contribution in [0.3, 0.4) is 0 Å². The lowest BCUT2D eigenvalue weighted by Crippen LogP contribution is -2.00. The molecule has 100 valence electrons. The second-order valence-electron chi connectivity index (χ2n) is 4.20. The number of aromatic nitrogens is 1. The van der Waals surface area contributed by atoms with E-state index in [1.807, 2.05) is 49.5 Å². The Morgan fingerprint density at radius 2 is 1.74 bits per heavy atom. The Morgan fingerprint density at radius 3 is 2.37 bits per heavy atom. The number of anilines is 1. The molecule has 1 heterocycles. The minimum atomic E-state index is 0.558. The van der Waals surface area contributed by atoms with E-state index in [4.69, 9.17) is 16.3 Å². The van der Waals surface area contributed by atoms with Crippen LogP contribution in [-0.4, -0.2) is 11.5 Å². The van der Waals surface area contributed by atoms with Crippen molar-refractivity contribution in [1.29, 1.82) is 0 Å². The van der Waals surface area contributed by atoms with E-state index in [1.165, 1.54) is 0 Å². The minimum absolute atomic E-state index is 0.558. The van der Waals surface area contributed by atoms with Crippen LogP contribution in [0.2, 0.25) is 5.02 Å². The summed E-state index contributed by atoms with van der Waals surface area (Å²) in [6, 6.07) is 11.7. The van der Waals surface area contributed by atoms with E-state index < -0.39 is 0 Å². The number of benzene rings is 1. The highest BCUT2D eigenvalue weighted by molar-refractivity contribution is 6.30. The molecule has 3 nitrogen and oxygen atoms in total. The summed E-state index contributed by atoms with van der Waals surface area (Å²) in [5.41, 5.74) is 2.18. The molecule has 1 N–H and O–H groups in total. The monoisotopic (exact) mass is 276 g/mol. The zero-order chi connectivity index (χ0) is 13.5. The fourth-order valence-corrected chi connectivity index (χ4v) is 1.79. The summed E-state index contributed by atoms with van der Waals surface area (Å²) in [6.45, 7) is 4.05. The van der Waals surface area contributed by atoms with E-state index >= 15 is 0 Å². The Bertz CT molecular complexity index is 497. The van der Waals surface area contributed by atoms with Crippen LogP contribution in [0.25, 0.3) is 0 Å². The molecule has 19 heavy (non-hydrogen) atoms. The molecule has 0 aliphatic heterocycles. The second kappa shape index (κ2) is 7.12. The van der Waals surface area contributed by atoms with E-state index in [0.717, 1.165) is 28.5 Å². The third-order valence-corrected chi connectivity index (χ3v) is 2.89. The molecule has 4 heteroatoms. The van der Waals surface area contributed by atoms with Crippen LogP contribution in [0, 0.1) is 0 Å². The number of nitrogens with zero attached hydrogens (tertiary/aromatic N) is 1. The lowest BCUT2D eigenvalue weighted by molar-refractivity contribution is 0.107. The van der Waals surface area contributed by atoms with Gasteiger partial charge in [0, 0.05) is 17.8 Å². The van der Waals surface area contributed by atoms with Gasteiger partial charge >= 0.3 is 0 Å². The maximum Gasteiger partial charge on any atom is 0.125 e. The Hall–Kier alpha value is -1.58. The molecular formula is C15H17ClN2O. The number of ether oxygens (including phenoxy) is 1. The summed E-state index contributed by atoms with van der Waals surface area (Å²) in [5, 5.41) is 3.90. The third-order valence-electron chi connectivity index (χ3n) is 2.63. The van der Waals surface area contributed by atoms with Gasteiger partial charge in [-0.05, 0) is 36.2 Å². The number of hydrogen-bond donors (Lipinski definition) is 1.